The number of esters is 1. The van der Waals surface area contributed by atoms with E-state index in [0.29, 0.717) is 41.2 Å². The predicted octanol–water partition coefficient (Wildman–Crippen LogP) is 4.83. The van der Waals surface area contributed by atoms with Crippen LogP contribution in [0.1, 0.15) is 50.6 Å². The van der Waals surface area contributed by atoms with E-state index in [4.69, 9.17) is 9.15 Å². The highest BCUT2D eigenvalue weighted by Crippen LogP contribution is 2.32. The Kier molecular flexibility index (Phi) is 5.44. The van der Waals surface area contributed by atoms with Crippen molar-refractivity contribution in [3.05, 3.63) is 95.2 Å². The molecule has 2 aromatic heterocycles. The molecule has 0 saturated heterocycles. The Hall–Kier alpha value is -4.26. The van der Waals surface area contributed by atoms with Gasteiger partial charge in [-0.1, -0.05) is 36.4 Å². The van der Waals surface area contributed by atoms with Crippen molar-refractivity contribution in [1.29, 1.82) is 0 Å². The number of nitrogens with one attached hydrogen (secondary N) is 1. The van der Waals surface area contributed by atoms with Crippen LogP contribution in [0.5, 0.6) is 5.75 Å². The Morgan fingerprint density at radius 1 is 1.03 bits per heavy atom. The van der Waals surface area contributed by atoms with Gasteiger partial charge in [0, 0.05) is 40.9 Å². The van der Waals surface area contributed by atoms with E-state index in [1.54, 1.807) is 30.6 Å². The standard InChI is InChI=1S/C26H21N3O4/c1-16-23-20(28-29-25(30)18-12-14-27-15-13-18)9-5-11-22(23)32-24(16)26(31)33-21-10-4-7-17-6-2-3-8-19(17)21/h2-4,6-8,10,12-15H,5,9,11H2,1H3,(H,29,30)/b28-20+. The molecule has 0 saturated carbocycles. The van der Waals surface area contributed by atoms with E-state index < -0.39 is 5.97 Å². The largest absolute Gasteiger partial charge is 0.453 e. The maximum atomic E-state index is 13.0. The molecule has 7 nitrogen and oxygen atoms in total. The molecule has 7 heteroatoms. The zero-order valence-electron chi connectivity index (χ0n) is 18.0. The second kappa shape index (κ2) is 8.70. The second-order valence-electron chi connectivity index (χ2n) is 7.81. The molecule has 4 aromatic rings. The van der Waals surface area contributed by atoms with E-state index in [2.05, 4.69) is 15.5 Å². The first kappa shape index (κ1) is 20.6. The molecule has 0 aliphatic heterocycles. The number of furan rings is 1. The van der Waals surface area contributed by atoms with Crippen LogP contribution >= 0.6 is 0 Å². The van der Waals surface area contributed by atoms with Gasteiger partial charge in [-0.15, -0.1) is 0 Å². The Morgan fingerprint density at radius 3 is 2.67 bits per heavy atom. The summed E-state index contributed by atoms with van der Waals surface area (Å²) < 4.78 is 11.6. The normalized spacial score (nSPS) is 14.2. The summed E-state index contributed by atoms with van der Waals surface area (Å²) in [5.74, 6) is 0.432. The zero-order chi connectivity index (χ0) is 22.8. The van der Waals surface area contributed by atoms with Crippen LogP contribution in [0.3, 0.4) is 0 Å². The van der Waals surface area contributed by atoms with E-state index in [0.717, 1.165) is 22.8 Å². The molecular weight excluding hydrogens is 418 g/mol. The Labute approximate surface area is 190 Å². The molecule has 5 rings (SSSR count). The third kappa shape index (κ3) is 4.01. The quantitative estimate of drug-likeness (QED) is 0.279. The number of hydrogen-bond donors (Lipinski definition) is 1. The van der Waals surface area contributed by atoms with Crippen LogP contribution in [0.15, 0.2) is 76.5 Å². The van der Waals surface area contributed by atoms with Crippen LogP contribution in [-0.4, -0.2) is 22.6 Å². The monoisotopic (exact) mass is 439 g/mol. The van der Waals surface area contributed by atoms with Crippen molar-refractivity contribution in [1.82, 2.24) is 10.4 Å². The number of aryl methyl sites for hydroxylation is 1. The van der Waals surface area contributed by atoms with Gasteiger partial charge in [-0.05, 0) is 43.4 Å². The fourth-order valence-corrected chi connectivity index (χ4v) is 4.09. The second-order valence-corrected chi connectivity index (χ2v) is 7.81. The molecule has 2 aromatic carbocycles. The minimum absolute atomic E-state index is 0.156. The van der Waals surface area contributed by atoms with Gasteiger partial charge in [0.2, 0.25) is 5.76 Å². The number of ether oxygens (including phenoxy) is 1. The maximum Gasteiger partial charge on any atom is 0.379 e. The number of carbonyl (C=O) groups excluding carboxylic acids is 2. The van der Waals surface area contributed by atoms with Gasteiger partial charge in [0.1, 0.15) is 11.5 Å². The smallest absolute Gasteiger partial charge is 0.379 e. The molecule has 0 bridgehead atoms. The van der Waals surface area contributed by atoms with Gasteiger partial charge in [-0.3, -0.25) is 9.78 Å². The number of fused-ring (bicyclic) bond motifs is 2. The summed E-state index contributed by atoms with van der Waals surface area (Å²) in [6, 6.07) is 16.5. The Balaban J connectivity index is 1.41. The zero-order valence-corrected chi connectivity index (χ0v) is 18.0. The number of hydrazone groups is 1. The van der Waals surface area contributed by atoms with E-state index in [9.17, 15) is 9.59 Å². The lowest BCUT2D eigenvalue weighted by Gasteiger charge is -2.13. The van der Waals surface area contributed by atoms with Crippen LogP contribution in [0.4, 0.5) is 0 Å². The molecule has 33 heavy (non-hydrogen) atoms. The third-order valence-corrected chi connectivity index (χ3v) is 5.70. The van der Waals surface area contributed by atoms with E-state index in [-0.39, 0.29) is 11.7 Å². The van der Waals surface area contributed by atoms with Gasteiger partial charge < -0.3 is 9.15 Å². The van der Waals surface area contributed by atoms with Gasteiger partial charge in [0.25, 0.3) is 5.91 Å². The minimum Gasteiger partial charge on any atom is -0.453 e. The first-order chi connectivity index (χ1) is 16.1. The SMILES string of the molecule is Cc1c(C(=O)Oc2cccc3ccccc23)oc2c1/C(=N/NC(=O)c1ccncc1)CCC2. The molecule has 1 aliphatic rings. The molecule has 2 heterocycles. The van der Waals surface area contributed by atoms with Gasteiger partial charge in [-0.25, -0.2) is 10.2 Å². The highest BCUT2D eigenvalue weighted by molar-refractivity contribution is 6.07. The topological polar surface area (TPSA) is 93.8 Å². The number of hydrogen-bond acceptors (Lipinski definition) is 6. The lowest BCUT2D eigenvalue weighted by molar-refractivity contribution is 0.0700. The number of carbonyl (C=O) groups is 2. The number of nitrogens with zero attached hydrogens (tertiary/aromatic N) is 2. The van der Waals surface area contributed by atoms with Gasteiger partial charge >= 0.3 is 5.97 Å². The van der Waals surface area contributed by atoms with E-state index >= 15 is 0 Å². The van der Waals surface area contributed by atoms with Crippen LogP contribution in [0.2, 0.25) is 0 Å². The first-order valence-corrected chi connectivity index (χ1v) is 10.7. The molecule has 164 valence electrons. The van der Waals surface area contributed by atoms with Crippen LogP contribution in [-0.2, 0) is 6.42 Å². The highest BCUT2D eigenvalue weighted by Gasteiger charge is 2.29. The molecule has 1 N–H and O–H groups in total. The average Bonchev–Trinajstić information content (AvgIpc) is 3.20. The van der Waals surface area contributed by atoms with Gasteiger partial charge in [0.05, 0.1) is 5.71 Å². The summed E-state index contributed by atoms with van der Waals surface area (Å²) in [5.41, 5.74) is 5.17. The van der Waals surface area contributed by atoms with Crippen molar-refractivity contribution >= 4 is 28.4 Å². The van der Waals surface area contributed by atoms with Crippen LogP contribution < -0.4 is 10.2 Å². The van der Waals surface area contributed by atoms with Gasteiger partial charge in [-0.2, -0.15) is 5.10 Å². The fraction of sp³-hybridized carbons (Fsp3) is 0.154. The molecule has 1 amide bonds. The van der Waals surface area contributed by atoms with Crippen molar-refractivity contribution in [3.8, 4) is 5.75 Å². The summed E-state index contributed by atoms with van der Waals surface area (Å²) in [5, 5.41) is 6.18. The van der Waals surface area contributed by atoms with Crippen LogP contribution in [0, 0.1) is 6.92 Å². The van der Waals surface area contributed by atoms with Crippen LogP contribution in [0.25, 0.3) is 10.8 Å². The van der Waals surface area contributed by atoms with E-state index in [1.165, 1.54) is 0 Å². The summed E-state index contributed by atoms with van der Waals surface area (Å²) in [6.45, 7) is 1.81. The highest BCUT2D eigenvalue weighted by atomic mass is 16.5. The summed E-state index contributed by atoms with van der Waals surface area (Å²) in [7, 11) is 0. The average molecular weight is 439 g/mol. The lowest BCUT2D eigenvalue weighted by Crippen LogP contribution is -2.22. The molecular formula is C26H21N3O4. The fourth-order valence-electron chi connectivity index (χ4n) is 4.09. The number of rotatable bonds is 4. The van der Waals surface area contributed by atoms with Crippen molar-refractivity contribution in [2.45, 2.75) is 26.2 Å². The first-order valence-electron chi connectivity index (χ1n) is 10.7. The third-order valence-electron chi connectivity index (χ3n) is 5.70. The van der Waals surface area contributed by atoms with Crippen molar-refractivity contribution in [2.75, 3.05) is 0 Å². The van der Waals surface area contributed by atoms with Crippen molar-refractivity contribution < 1.29 is 18.7 Å². The molecule has 0 spiro atoms. The summed E-state index contributed by atoms with van der Waals surface area (Å²) in [6.07, 6.45) is 5.27. The number of amides is 1. The molecule has 0 atom stereocenters. The summed E-state index contributed by atoms with van der Waals surface area (Å²) in [4.78, 5) is 29.3. The van der Waals surface area contributed by atoms with Crippen molar-refractivity contribution in [2.24, 2.45) is 5.10 Å². The molecule has 1 aliphatic carbocycles. The molecule has 0 unspecified atom stereocenters. The van der Waals surface area contributed by atoms with Gasteiger partial charge in [0.15, 0.2) is 0 Å². The maximum absolute atomic E-state index is 13.0. The Morgan fingerprint density at radius 2 is 1.82 bits per heavy atom. The number of aromatic nitrogens is 1. The minimum atomic E-state index is -0.557. The predicted molar refractivity (Wildman–Crippen MR) is 124 cm³/mol. The summed E-state index contributed by atoms with van der Waals surface area (Å²) >= 11 is 0. The number of pyridine rings is 1. The number of benzene rings is 2. The molecule has 0 fully saturated rings. The lowest BCUT2D eigenvalue weighted by atomic mass is 9.93. The van der Waals surface area contributed by atoms with Crippen molar-refractivity contribution in [3.63, 3.8) is 0 Å². The Bertz CT molecular complexity index is 1380. The molecule has 0 radical (unpaired) electrons. The van der Waals surface area contributed by atoms with E-state index in [1.807, 2.05) is 43.3 Å².